The van der Waals surface area contributed by atoms with Crippen LogP contribution >= 0.6 is 0 Å². The molecular formula is C13H19N3O4. The molecule has 20 heavy (non-hydrogen) atoms. The van der Waals surface area contributed by atoms with Crippen molar-refractivity contribution < 1.29 is 19.4 Å². The third-order valence-electron chi connectivity index (χ3n) is 3.09. The van der Waals surface area contributed by atoms with Gasteiger partial charge in [0, 0.05) is 19.3 Å². The summed E-state index contributed by atoms with van der Waals surface area (Å²) in [6.07, 6.45) is 1.26. The number of carbonyl (C=O) groups excluding carboxylic acids is 1. The zero-order valence-corrected chi connectivity index (χ0v) is 11.7. The number of esters is 1. The fraction of sp³-hybridized carbons (Fsp3) is 0.615. The molecule has 110 valence electrons. The van der Waals surface area contributed by atoms with Crippen LogP contribution in [0.4, 0.5) is 5.95 Å². The molecule has 0 amide bonds. The highest BCUT2D eigenvalue weighted by atomic mass is 16.5. The highest BCUT2D eigenvalue weighted by Crippen LogP contribution is 2.15. The van der Waals surface area contributed by atoms with Crippen LogP contribution in [0.3, 0.4) is 0 Å². The van der Waals surface area contributed by atoms with E-state index in [4.69, 9.17) is 14.6 Å². The number of aliphatic hydroxyl groups is 1. The number of aromatic nitrogens is 2. The summed E-state index contributed by atoms with van der Waals surface area (Å²) in [7, 11) is 0. The van der Waals surface area contributed by atoms with Crippen molar-refractivity contribution >= 4 is 11.9 Å². The summed E-state index contributed by atoms with van der Waals surface area (Å²) in [5, 5.41) is 9.13. The number of nitrogens with zero attached hydrogens (tertiary/aromatic N) is 3. The highest BCUT2D eigenvalue weighted by molar-refractivity contribution is 5.90. The molecule has 1 N–H and O–H groups in total. The van der Waals surface area contributed by atoms with Crippen LogP contribution in [-0.4, -0.2) is 60.1 Å². The topological polar surface area (TPSA) is 84.8 Å². The molecule has 1 fully saturated rings. The molecule has 1 aromatic heterocycles. The molecule has 0 spiro atoms. The number of aliphatic hydroxyl groups excluding tert-OH is 1. The predicted molar refractivity (Wildman–Crippen MR) is 71.8 cm³/mol. The molecule has 0 saturated carbocycles. The number of hydrogen-bond acceptors (Lipinski definition) is 7. The minimum absolute atomic E-state index is 0.0314. The van der Waals surface area contributed by atoms with Gasteiger partial charge in [0.05, 0.1) is 37.2 Å². The lowest BCUT2D eigenvalue weighted by Gasteiger charge is -2.32. The van der Waals surface area contributed by atoms with Gasteiger partial charge in [-0.15, -0.1) is 0 Å². The Kier molecular flexibility index (Phi) is 4.86. The largest absolute Gasteiger partial charge is 0.462 e. The van der Waals surface area contributed by atoms with Crippen LogP contribution in [0.15, 0.2) is 6.20 Å². The van der Waals surface area contributed by atoms with Crippen LogP contribution in [-0.2, 0) is 9.47 Å². The van der Waals surface area contributed by atoms with E-state index in [1.807, 2.05) is 4.90 Å². The fourth-order valence-corrected chi connectivity index (χ4v) is 2.03. The molecule has 1 aliphatic heterocycles. The van der Waals surface area contributed by atoms with E-state index >= 15 is 0 Å². The Balaban J connectivity index is 2.14. The molecule has 0 aliphatic carbocycles. The van der Waals surface area contributed by atoms with Crippen LogP contribution in [0.5, 0.6) is 0 Å². The molecule has 0 bridgehead atoms. The molecule has 7 heteroatoms. The third-order valence-corrected chi connectivity index (χ3v) is 3.09. The first kappa shape index (κ1) is 14.7. The summed E-state index contributed by atoms with van der Waals surface area (Å²) < 4.78 is 10.3. The van der Waals surface area contributed by atoms with Gasteiger partial charge in [-0.2, -0.15) is 0 Å². The van der Waals surface area contributed by atoms with Gasteiger partial charge >= 0.3 is 5.97 Å². The second kappa shape index (κ2) is 6.62. The van der Waals surface area contributed by atoms with Gasteiger partial charge < -0.3 is 19.5 Å². The van der Waals surface area contributed by atoms with Crippen LogP contribution in [0.1, 0.15) is 23.0 Å². The van der Waals surface area contributed by atoms with Crippen molar-refractivity contribution in [2.45, 2.75) is 20.0 Å². The summed E-state index contributed by atoms with van der Waals surface area (Å²) in [6, 6.07) is 0. The normalized spacial score (nSPS) is 18.9. The first-order valence-corrected chi connectivity index (χ1v) is 6.63. The maximum atomic E-state index is 11.7. The molecule has 1 unspecified atom stereocenters. The van der Waals surface area contributed by atoms with Gasteiger partial charge in [0.1, 0.15) is 0 Å². The Hall–Kier alpha value is -1.73. The van der Waals surface area contributed by atoms with E-state index in [0.717, 1.165) is 0 Å². The maximum absolute atomic E-state index is 11.7. The maximum Gasteiger partial charge on any atom is 0.341 e. The molecule has 0 radical (unpaired) electrons. The van der Waals surface area contributed by atoms with Gasteiger partial charge in [0.15, 0.2) is 0 Å². The van der Waals surface area contributed by atoms with Crippen LogP contribution in [0, 0.1) is 6.92 Å². The van der Waals surface area contributed by atoms with E-state index in [1.165, 1.54) is 6.20 Å². The Bertz CT molecular complexity index is 481. The monoisotopic (exact) mass is 281 g/mol. The zero-order chi connectivity index (χ0) is 14.5. The van der Waals surface area contributed by atoms with Gasteiger partial charge in [-0.05, 0) is 13.8 Å². The average molecular weight is 281 g/mol. The van der Waals surface area contributed by atoms with E-state index in [1.54, 1.807) is 13.8 Å². The number of hydrogen-bond donors (Lipinski definition) is 1. The lowest BCUT2D eigenvalue weighted by molar-refractivity contribution is 0.00312. The Morgan fingerprint density at radius 1 is 1.65 bits per heavy atom. The third kappa shape index (κ3) is 3.23. The SMILES string of the molecule is CCOC(=O)c1cnc(N2CCOC(CO)C2)nc1C. The summed E-state index contributed by atoms with van der Waals surface area (Å²) in [5.41, 5.74) is 0.961. The van der Waals surface area contributed by atoms with Gasteiger partial charge in [-0.3, -0.25) is 0 Å². The second-order valence-electron chi connectivity index (χ2n) is 4.51. The standard InChI is InChI=1S/C13H19N3O4/c1-3-19-12(18)11-6-14-13(15-9(11)2)16-4-5-20-10(7-16)8-17/h6,10,17H,3-5,7-8H2,1-2H3. The summed E-state index contributed by atoms with van der Waals surface area (Å²) in [4.78, 5) is 22.2. The van der Waals surface area contributed by atoms with Crippen LogP contribution < -0.4 is 4.90 Å². The number of carbonyl (C=O) groups is 1. The molecule has 1 atom stereocenters. The fourth-order valence-electron chi connectivity index (χ4n) is 2.03. The highest BCUT2D eigenvalue weighted by Gasteiger charge is 2.22. The second-order valence-corrected chi connectivity index (χ2v) is 4.51. The van der Waals surface area contributed by atoms with E-state index in [2.05, 4.69) is 9.97 Å². The van der Waals surface area contributed by atoms with Crippen LogP contribution in [0.25, 0.3) is 0 Å². The molecule has 1 aromatic rings. The average Bonchev–Trinajstić information content (AvgIpc) is 2.47. The van der Waals surface area contributed by atoms with Gasteiger partial charge in [-0.25, -0.2) is 14.8 Å². The van der Waals surface area contributed by atoms with Crippen LogP contribution in [0.2, 0.25) is 0 Å². The van der Waals surface area contributed by atoms with Gasteiger partial charge in [0.25, 0.3) is 0 Å². The van der Waals surface area contributed by atoms with Crippen molar-refractivity contribution in [3.63, 3.8) is 0 Å². The number of anilines is 1. The Labute approximate surface area is 117 Å². The van der Waals surface area contributed by atoms with Crippen molar-refractivity contribution in [1.82, 2.24) is 9.97 Å². The Morgan fingerprint density at radius 3 is 3.10 bits per heavy atom. The Morgan fingerprint density at radius 2 is 2.45 bits per heavy atom. The first-order valence-electron chi connectivity index (χ1n) is 6.63. The van der Waals surface area contributed by atoms with Crippen molar-refractivity contribution in [3.8, 4) is 0 Å². The molecule has 0 aromatic carbocycles. The molecule has 1 aliphatic rings. The lowest BCUT2D eigenvalue weighted by atomic mass is 10.2. The minimum atomic E-state index is -0.410. The number of aryl methyl sites for hydroxylation is 1. The van der Waals surface area contributed by atoms with Gasteiger partial charge in [0.2, 0.25) is 5.95 Å². The summed E-state index contributed by atoms with van der Waals surface area (Å²) in [5.74, 6) is 0.129. The lowest BCUT2D eigenvalue weighted by Crippen LogP contribution is -2.44. The summed E-state index contributed by atoms with van der Waals surface area (Å²) in [6.45, 7) is 5.52. The van der Waals surface area contributed by atoms with E-state index in [9.17, 15) is 4.79 Å². The molecule has 2 heterocycles. The number of morpholine rings is 1. The van der Waals surface area contributed by atoms with E-state index in [-0.39, 0.29) is 12.7 Å². The summed E-state index contributed by atoms with van der Waals surface area (Å²) >= 11 is 0. The van der Waals surface area contributed by atoms with Crippen molar-refractivity contribution in [2.75, 3.05) is 37.8 Å². The van der Waals surface area contributed by atoms with E-state index in [0.29, 0.717) is 43.5 Å². The zero-order valence-electron chi connectivity index (χ0n) is 11.7. The molecular weight excluding hydrogens is 262 g/mol. The van der Waals surface area contributed by atoms with Crippen molar-refractivity contribution in [1.29, 1.82) is 0 Å². The smallest absolute Gasteiger partial charge is 0.341 e. The molecule has 2 rings (SSSR count). The minimum Gasteiger partial charge on any atom is -0.462 e. The van der Waals surface area contributed by atoms with E-state index < -0.39 is 5.97 Å². The predicted octanol–water partition coefficient (Wildman–Crippen LogP) is 0.159. The quantitative estimate of drug-likeness (QED) is 0.787. The molecule has 1 saturated heterocycles. The number of rotatable bonds is 4. The molecule has 7 nitrogen and oxygen atoms in total. The van der Waals surface area contributed by atoms with Gasteiger partial charge in [-0.1, -0.05) is 0 Å². The first-order chi connectivity index (χ1) is 9.65. The number of ether oxygens (including phenoxy) is 2. The van der Waals surface area contributed by atoms with Crippen molar-refractivity contribution in [2.24, 2.45) is 0 Å². The van der Waals surface area contributed by atoms with Crippen molar-refractivity contribution in [3.05, 3.63) is 17.5 Å².